The highest BCUT2D eigenvalue weighted by Gasteiger charge is 2.21. The zero-order chi connectivity index (χ0) is 8.81. The summed E-state index contributed by atoms with van der Waals surface area (Å²) in [5.74, 6) is 0. The minimum absolute atomic E-state index is 0.0468. The molecule has 70 valence electrons. The summed E-state index contributed by atoms with van der Waals surface area (Å²) in [7, 11) is 0. The molecule has 1 fully saturated rings. The van der Waals surface area contributed by atoms with Crippen LogP contribution in [-0.2, 0) is 4.74 Å². The Hall–Kier alpha value is -0.340. The number of hydrogen-bond donors (Lipinski definition) is 1. The summed E-state index contributed by atoms with van der Waals surface area (Å²) < 4.78 is 5.46. The van der Waals surface area contributed by atoms with Crippen molar-refractivity contribution in [3.05, 3.63) is 12.7 Å². The molecular weight excluding hydrogens is 152 g/mol. The van der Waals surface area contributed by atoms with Gasteiger partial charge in [-0.2, -0.15) is 0 Å². The van der Waals surface area contributed by atoms with Crippen molar-refractivity contribution in [2.45, 2.75) is 44.3 Å². The van der Waals surface area contributed by atoms with Crippen LogP contribution in [0.15, 0.2) is 12.7 Å². The van der Waals surface area contributed by atoms with E-state index >= 15 is 0 Å². The van der Waals surface area contributed by atoms with Gasteiger partial charge in [-0.25, -0.2) is 0 Å². The monoisotopic (exact) mass is 170 g/mol. The first kappa shape index (κ1) is 9.75. The Labute approximate surface area is 74.2 Å². The Morgan fingerprint density at radius 2 is 2.08 bits per heavy atom. The van der Waals surface area contributed by atoms with Crippen LogP contribution in [-0.4, -0.2) is 23.9 Å². The van der Waals surface area contributed by atoms with E-state index in [2.05, 4.69) is 6.58 Å². The van der Waals surface area contributed by atoms with Crippen LogP contribution in [0.5, 0.6) is 0 Å². The van der Waals surface area contributed by atoms with Crippen LogP contribution < -0.4 is 0 Å². The predicted octanol–water partition coefficient (Wildman–Crippen LogP) is 1.88. The zero-order valence-corrected chi connectivity index (χ0v) is 7.54. The third-order valence-corrected chi connectivity index (χ3v) is 2.35. The van der Waals surface area contributed by atoms with Gasteiger partial charge in [-0.15, -0.1) is 6.58 Å². The Kier molecular flexibility index (Phi) is 4.33. The minimum atomic E-state index is -0.257. The van der Waals surface area contributed by atoms with E-state index in [9.17, 15) is 5.11 Å². The Morgan fingerprint density at radius 1 is 1.33 bits per heavy atom. The summed E-state index contributed by atoms with van der Waals surface area (Å²) >= 11 is 0. The van der Waals surface area contributed by atoms with E-state index in [1.807, 2.05) is 0 Å². The Morgan fingerprint density at radius 3 is 2.83 bits per heavy atom. The molecular formula is C10H18O2. The molecule has 12 heavy (non-hydrogen) atoms. The van der Waals surface area contributed by atoms with E-state index in [4.69, 9.17) is 4.74 Å². The molecule has 0 aromatic heterocycles. The first-order valence-electron chi connectivity index (χ1n) is 4.75. The Balaban J connectivity index is 2.31. The van der Waals surface area contributed by atoms with Gasteiger partial charge in [0.05, 0.1) is 18.8 Å². The average molecular weight is 170 g/mol. The smallest absolute Gasteiger partial charge is 0.0838 e. The molecule has 0 aromatic rings. The molecule has 1 rings (SSSR count). The molecule has 0 amide bonds. The molecule has 1 aliphatic rings. The SMILES string of the molecule is C=CCO[C@H]1CCCCC[C@H]1O. The fourth-order valence-corrected chi connectivity index (χ4v) is 1.64. The second-order valence-electron chi connectivity index (χ2n) is 3.37. The molecule has 0 aliphatic heterocycles. The largest absolute Gasteiger partial charge is 0.390 e. The summed E-state index contributed by atoms with van der Waals surface area (Å²) in [6, 6.07) is 0. The van der Waals surface area contributed by atoms with Crippen LogP contribution in [0.1, 0.15) is 32.1 Å². The molecule has 1 N–H and O–H groups in total. The highest BCUT2D eigenvalue weighted by atomic mass is 16.5. The van der Waals surface area contributed by atoms with Gasteiger partial charge < -0.3 is 9.84 Å². The van der Waals surface area contributed by atoms with Crippen LogP contribution in [0, 0.1) is 0 Å². The second kappa shape index (κ2) is 5.33. The second-order valence-corrected chi connectivity index (χ2v) is 3.37. The van der Waals surface area contributed by atoms with Crippen LogP contribution >= 0.6 is 0 Å². The van der Waals surface area contributed by atoms with E-state index < -0.39 is 0 Å². The van der Waals surface area contributed by atoms with E-state index in [0.717, 1.165) is 19.3 Å². The van der Waals surface area contributed by atoms with E-state index in [1.54, 1.807) is 6.08 Å². The van der Waals surface area contributed by atoms with Gasteiger partial charge in [0.25, 0.3) is 0 Å². The van der Waals surface area contributed by atoms with E-state index in [0.29, 0.717) is 6.61 Å². The number of aliphatic hydroxyl groups is 1. The molecule has 1 aliphatic carbocycles. The van der Waals surface area contributed by atoms with Crippen molar-refractivity contribution < 1.29 is 9.84 Å². The number of hydrogen-bond acceptors (Lipinski definition) is 2. The van der Waals surface area contributed by atoms with Gasteiger partial charge in [-0.3, -0.25) is 0 Å². The van der Waals surface area contributed by atoms with Crippen LogP contribution in [0.4, 0.5) is 0 Å². The molecule has 0 saturated heterocycles. The van der Waals surface area contributed by atoms with Crippen LogP contribution in [0.3, 0.4) is 0 Å². The maximum absolute atomic E-state index is 9.62. The van der Waals surface area contributed by atoms with Crippen molar-refractivity contribution in [3.63, 3.8) is 0 Å². The molecule has 0 aromatic carbocycles. The van der Waals surface area contributed by atoms with Crippen LogP contribution in [0.2, 0.25) is 0 Å². The molecule has 0 spiro atoms. The number of rotatable bonds is 3. The summed E-state index contributed by atoms with van der Waals surface area (Å²) in [5.41, 5.74) is 0. The lowest BCUT2D eigenvalue weighted by Crippen LogP contribution is -2.27. The normalized spacial score (nSPS) is 31.1. The summed E-state index contributed by atoms with van der Waals surface area (Å²) in [6.45, 7) is 4.14. The van der Waals surface area contributed by atoms with Crippen LogP contribution in [0.25, 0.3) is 0 Å². The van der Waals surface area contributed by atoms with E-state index in [-0.39, 0.29) is 12.2 Å². The maximum Gasteiger partial charge on any atom is 0.0838 e. The first-order chi connectivity index (χ1) is 5.84. The quantitative estimate of drug-likeness (QED) is 0.517. The first-order valence-corrected chi connectivity index (χ1v) is 4.75. The number of aliphatic hydroxyl groups excluding tert-OH is 1. The highest BCUT2D eigenvalue weighted by Crippen LogP contribution is 2.20. The minimum Gasteiger partial charge on any atom is -0.390 e. The van der Waals surface area contributed by atoms with Crippen molar-refractivity contribution in [1.82, 2.24) is 0 Å². The van der Waals surface area contributed by atoms with Crippen molar-refractivity contribution in [2.75, 3.05) is 6.61 Å². The van der Waals surface area contributed by atoms with Crippen molar-refractivity contribution in [2.24, 2.45) is 0 Å². The summed E-state index contributed by atoms with van der Waals surface area (Å²) in [4.78, 5) is 0. The predicted molar refractivity (Wildman–Crippen MR) is 49.0 cm³/mol. The van der Waals surface area contributed by atoms with Crippen molar-refractivity contribution in [3.8, 4) is 0 Å². The van der Waals surface area contributed by atoms with Gasteiger partial charge in [-0.1, -0.05) is 25.3 Å². The Bertz CT molecular complexity index is 134. The molecule has 2 nitrogen and oxygen atoms in total. The molecule has 0 bridgehead atoms. The van der Waals surface area contributed by atoms with E-state index in [1.165, 1.54) is 12.8 Å². The van der Waals surface area contributed by atoms with Crippen molar-refractivity contribution >= 4 is 0 Å². The topological polar surface area (TPSA) is 29.5 Å². The fourth-order valence-electron chi connectivity index (χ4n) is 1.64. The standard InChI is InChI=1S/C10H18O2/c1-2-8-12-10-7-5-3-4-6-9(10)11/h2,9-11H,1,3-8H2/t9-,10+/m1/s1. The fraction of sp³-hybridized carbons (Fsp3) is 0.800. The van der Waals surface area contributed by atoms with Gasteiger partial charge in [0.15, 0.2) is 0 Å². The lowest BCUT2D eigenvalue weighted by Gasteiger charge is -2.19. The highest BCUT2D eigenvalue weighted by molar-refractivity contribution is 4.75. The lowest BCUT2D eigenvalue weighted by atomic mass is 10.1. The van der Waals surface area contributed by atoms with Gasteiger partial charge in [0, 0.05) is 0 Å². The summed E-state index contributed by atoms with van der Waals surface area (Å²) in [5, 5.41) is 9.62. The molecule has 0 unspecified atom stereocenters. The third-order valence-electron chi connectivity index (χ3n) is 2.35. The molecule has 2 heteroatoms. The van der Waals surface area contributed by atoms with Gasteiger partial charge >= 0.3 is 0 Å². The molecule has 1 saturated carbocycles. The third kappa shape index (κ3) is 2.95. The van der Waals surface area contributed by atoms with Crippen molar-refractivity contribution in [1.29, 1.82) is 0 Å². The summed E-state index contributed by atoms with van der Waals surface area (Å²) in [6.07, 6.45) is 6.95. The number of ether oxygens (including phenoxy) is 1. The zero-order valence-electron chi connectivity index (χ0n) is 7.54. The average Bonchev–Trinajstić information content (AvgIpc) is 2.27. The lowest BCUT2D eigenvalue weighted by molar-refractivity contribution is -0.0292. The molecule has 0 radical (unpaired) electrons. The molecule has 2 atom stereocenters. The molecule has 0 heterocycles. The maximum atomic E-state index is 9.62. The van der Waals surface area contributed by atoms with Gasteiger partial charge in [0.1, 0.15) is 0 Å². The van der Waals surface area contributed by atoms with Gasteiger partial charge in [0.2, 0.25) is 0 Å². The van der Waals surface area contributed by atoms with Gasteiger partial charge in [-0.05, 0) is 12.8 Å².